The lowest BCUT2D eigenvalue weighted by Gasteiger charge is -2.16. The number of carbonyl (C=O) groups is 2. The molecule has 27 heavy (non-hydrogen) atoms. The Hall–Kier alpha value is -2.24. The molecule has 2 aromatic carbocycles. The summed E-state index contributed by atoms with van der Waals surface area (Å²) in [7, 11) is 1.30. The van der Waals surface area contributed by atoms with Crippen LogP contribution in [0.25, 0.3) is 0 Å². The summed E-state index contributed by atoms with van der Waals surface area (Å²) in [6.45, 7) is 0.316. The van der Waals surface area contributed by atoms with Crippen LogP contribution in [0.15, 0.2) is 48.5 Å². The minimum atomic E-state index is -0.725. The van der Waals surface area contributed by atoms with Crippen LogP contribution in [-0.4, -0.2) is 31.6 Å². The molecular weight excluding hydrogens is 389 g/mol. The van der Waals surface area contributed by atoms with Gasteiger partial charge in [0.2, 0.25) is 5.91 Å². The fraction of sp³-hybridized carbons (Fsp3) is 0.300. The Balaban J connectivity index is 1.80. The standard InChI is InChI=1S/C20H21Cl2NO4/c1-26-20(25)17(12-14-6-3-2-4-7-14)23-19(24)8-5-11-27-18-10-9-15(21)13-16(18)22/h2-4,6-7,9-10,13,17H,5,8,11-12H2,1H3,(H,23,24). The SMILES string of the molecule is COC(=O)C(Cc1ccccc1)NC(=O)CCCOc1ccc(Cl)cc1Cl. The molecule has 0 aliphatic rings. The van der Waals surface area contributed by atoms with Gasteiger partial charge in [-0.05, 0) is 30.2 Å². The molecule has 1 unspecified atom stereocenters. The van der Waals surface area contributed by atoms with Gasteiger partial charge >= 0.3 is 5.97 Å². The summed E-state index contributed by atoms with van der Waals surface area (Å²) >= 11 is 11.9. The second-order valence-corrected chi connectivity index (χ2v) is 6.70. The van der Waals surface area contributed by atoms with E-state index in [1.165, 1.54) is 7.11 Å². The number of hydrogen-bond donors (Lipinski definition) is 1. The molecule has 2 rings (SSSR count). The van der Waals surface area contributed by atoms with Gasteiger partial charge in [-0.3, -0.25) is 4.79 Å². The first kappa shape index (κ1) is 21.1. The van der Waals surface area contributed by atoms with Crippen molar-refractivity contribution in [1.29, 1.82) is 0 Å². The van der Waals surface area contributed by atoms with Crippen molar-refractivity contribution in [3.63, 3.8) is 0 Å². The predicted molar refractivity (Wildman–Crippen MR) is 105 cm³/mol. The van der Waals surface area contributed by atoms with Gasteiger partial charge in [0.1, 0.15) is 11.8 Å². The smallest absolute Gasteiger partial charge is 0.328 e. The van der Waals surface area contributed by atoms with E-state index >= 15 is 0 Å². The molecule has 1 atom stereocenters. The molecule has 0 radical (unpaired) electrons. The quantitative estimate of drug-likeness (QED) is 0.501. The average molecular weight is 410 g/mol. The number of esters is 1. The minimum Gasteiger partial charge on any atom is -0.492 e. The molecule has 0 aromatic heterocycles. The van der Waals surface area contributed by atoms with Crippen LogP contribution >= 0.6 is 23.2 Å². The molecule has 0 saturated heterocycles. The van der Waals surface area contributed by atoms with E-state index in [1.54, 1.807) is 18.2 Å². The van der Waals surface area contributed by atoms with Gasteiger partial charge in [-0.25, -0.2) is 4.79 Å². The van der Waals surface area contributed by atoms with Gasteiger partial charge in [0, 0.05) is 17.9 Å². The first-order chi connectivity index (χ1) is 13.0. The molecular formula is C20H21Cl2NO4. The van der Waals surface area contributed by atoms with E-state index in [0.29, 0.717) is 35.2 Å². The van der Waals surface area contributed by atoms with Crippen LogP contribution in [0.2, 0.25) is 10.0 Å². The predicted octanol–water partition coefficient (Wildman–Crippen LogP) is 4.05. The van der Waals surface area contributed by atoms with Gasteiger partial charge in [0.05, 0.1) is 18.7 Å². The molecule has 0 fully saturated rings. The summed E-state index contributed by atoms with van der Waals surface area (Å²) in [5.74, 6) is -0.207. The maximum atomic E-state index is 12.2. The van der Waals surface area contributed by atoms with E-state index in [1.807, 2.05) is 30.3 Å². The third-order valence-electron chi connectivity index (χ3n) is 3.80. The zero-order valence-corrected chi connectivity index (χ0v) is 16.4. The number of methoxy groups -OCH3 is 1. The molecule has 5 nitrogen and oxygen atoms in total. The van der Waals surface area contributed by atoms with Gasteiger partial charge in [-0.15, -0.1) is 0 Å². The molecule has 0 saturated carbocycles. The highest BCUT2D eigenvalue weighted by molar-refractivity contribution is 6.35. The van der Waals surface area contributed by atoms with Crippen LogP contribution in [0.5, 0.6) is 5.75 Å². The monoisotopic (exact) mass is 409 g/mol. The minimum absolute atomic E-state index is 0.216. The van der Waals surface area contributed by atoms with E-state index < -0.39 is 12.0 Å². The summed E-state index contributed by atoms with van der Waals surface area (Å²) in [6, 6.07) is 13.7. The van der Waals surface area contributed by atoms with Gasteiger partial charge in [0.15, 0.2) is 0 Å². The number of benzene rings is 2. The van der Waals surface area contributed by atoms with Crippen molar-refractivity contribution < 1.29 is 19.1 Å². The van der Waals surface area contributed by atoms with Gasteiger partial charge < -0.3 is 14.8 Å². The zero-order chi connectivity index (χ0) is 19.6. The van der Waals surface area contributed by atoms with E-state index in [0.717, 1.165) is 5.56 Å². The number of rotatable bonds is 9. The molecule has 0 bridgehead atoms. The Morgan fingerprint density at radius 2 is 1.85 bits per heavy atom. The summed E-state index contributed by atoms with van der Waals surface area (Å²) in [4.78, 5) is 24.1. The molecule has 0 heterocycles. The number of nitrogens with one attached hydrogen (secondary N) is 1. The van der Waals surface area contributed by atoms with Crippen molar-refractivity contribution in [1.82, 2.24) is 5.32 Å². The number of ether oxygens (including phenoxy) is 2. The van der Waals surface area contributed by atoms with Crippen LogP contribution in [0.4, 0.5) is 0 Å². The third-order valence-corrected chi connectivity index (χ3v) is 4.33. The van der Waals surface area contributed by atoms with Gasteiger partial charge in [-0.1, -0.05) is 53.5 Å². The zero-order valence-electron chi connectivity index (χ0n) is 14.9. The van der Waals surface area contributed by atoms with Gasteiger partial charge in [-0.2, -0.15) is 0 Å². The number of amides is 1. The Labute approximate surface area is 168 Å². The van der Waals surface area contributed by atoms with E-state index in [9.17, 15) is 9.59 Å². The Morgan fingerprint density at radius 1 is 1.11 bits per heavy atom. The van der Waals surface area contributed by atoms with Crippen molar-refractivity contribution >= 4 is 35.1 Å². The largest absolute Gasteiger partial charge is 0.492 e. The first-order valence-corrected chi connectivity index (χ1v) is 9.24. The van der Waals surface area contributed by atoms with Crippen molar-refractivity contribution in [2.75, 3.05) is 13.7 Å². The molecule has 1 amide bonds. The van der Waals surface area contributed by atoms with E-state index in [-0.39, 0.29) is 12.3 Å². The average Bonchev–Trinajstić information content (AvgIpc) is 2.66. The lowest BCUT2D eigenvalue weighted by molar-refractivity contribution is -0.145. The first-order valence-electron chi connectivity index (χ1n) is 8.48. The van der Waals surface area contributed by atoms with Crippen molar-refractivity contribution in [3.05, 3.63) is 64.1 Å². The molecule has 1 N–H and O–H groups in total. The van der Waals surface area contributed by atoms with Gasteiger partial charge in [0.25, 0.3) is 0 Å². The maximum Gasteiger partial charge on any atom is 0.328 e. The summed E-state index contributed by atoms with van der Waals surface area (Å²) in [5.41, 5.74) is 0.939. The van der Waals surface area contributed by atoms with Crippen LogP contribution in [0.3, 0.4) is 0 Å². The highest BCUT2D eigenvalue weighted by atomic mass is 35.5. The third kappa shape index (κ3) is 7.12. The number of halogens is 2. The van der Waals surface area contributed by atoms with Crippen LogP contribution < -0.4 is 10.1 Å². The van der Waals surface area contributed by atoms with Crippen molar-refractivity contribution in [2.45, 2.75) is 25.3 Å². The highest BCUT2D eigenvalue weighted by Gasteiger charge is 2.21. The maximum absolute atomic E-state index is 12.2. The summed E-state index contributed by atoms with van der Waals surface area (Å²) in [6.07, 6.45) is 1.06. The summed E-state index contributed by atoms with van der Waals surface area (Å²) < 4.78 is 10.3. The fourth-order valence-electron chi connectivity index (χ4n) is 2.46. The van der Waals surface area contributed by atoms with Crippen molar-refractivity contribution in [2.24, 2.45) is 0 Å². The molecule has 144 valence electrons. The molecule has 0 aliphatic heterocycles. The molecule has 0 spiro atoms. The summed E-state index contributed by atoms with van der Waals surface area (Å²) in [5, 5.41) is 3.67. The van der Waals surface area contributed by atoms with E-state index in [4.69, 9.17) is 32.7 Å². The Kier molecular flexibility index (Phi) is 8.43. The highest BCUT2D eigenvalue weighted by Crippen LogP contribution is 2.27. The lowest BCUT2D eigenvalue weighted by Crippen LogP contribution is -2.43. The molecule has 2 aromatic rings. The van der Waals surface area contributed by atoms with Crippen LogP contribution in [-0.2, 0) is 20.7 Å². The topological polar surface area (TPSA) is 64.6 Å². The molecule has 7 heteroatoms. The molecule has 0 aliphatic carbocycles. The van der Waals surface area contributed by atoms with Crippen LogP contribution in [0, 0.1) is 0 Å². The Morgan fingerprint density at radius 3 is 2.52 bits per heavy atom. The fourth-order valence-corrected chi connectivity index (χ4v) is 2.92. The normalized spacial score (nSPS) is 11.5. The van der Waals surface area contributed by atoms with Crippen molar-refractivity contribution in [3.8, 4) is 5.75 Å². The number of hydrogen-bond acceptors (Lipinski definition) is 4. The lowest BCUT2D eigenvalue weighted by atomic mass is 10.1. The Bertz CT molecular complexity index is 768. The number of carbonyl (C=O) groups excluding carboxylic acids is 2. The second kappa shape index (κ2) is 10.8. The second-order valence-electron chi connectivity index (χ2n) is 5.86. The van der Waals surface area contributed by atoms with E-state index in [2.05, 4.69) is 5.32 Å². The van der Waals surface area contributed by atoms with Crippen LogP contribution in [0.1, 0.15) is 18.4 Å².